The van der Waals surface area contributed by atoms with Crippen molar-refractivity contribution in [2.75, 3.05) is 17.2 Å². The van der Waals surface area contributed by atoms with Gasteiger partial charge in [-0.05, 0) is 37.5 Å². The average Bonchev–Trinajstić information content (AvgIpc) is 2.93. The van der Waals surface area contributed by atoms with Crippen LogP contribution in [0, 0.1) is 5.41 Å². The van der Waals surface area contributed by atoms with E-state index in [1.54, 1.807) is 6.92 Å². The van der Waals surface area contributed by atoms with Crippen molar-refractivity contribution in [2.24, 2.45) is 5.73 Å². The van der Waals surface area contributed by atoms with Crippen molar-refractivity contribution in [3.63, 3.8) is 0 Å². The third-order valence-electron chi connectivity index (χ3n) is 2.94. The fourth-order valence-corrected chi connectivity index (χ4v) is 2.65. The Morgan fingerprint density at radius 1 is 1.29 bits per heavy atom. The molecular weight excluding hydrogens is 350 g/mol. The summed E-state index contributed by atoms with van der Waals surface area (Å²) in [5.74, 6) is -0.0816. The number of nitrogens with two attached hydrogens (primary N) is 1. The van der Waals surface area contributed by atoms with Crippen molar-refractivity contribution in [2.45, 2.75) is 19.8 Å². The zero-order chi connectivity index (χ0) is 16.7. The Bertz CT molecular complexity index is 675. The Balaban J connectivity index is 0.00000288. The van der Waals surface area contributed by atoms with E-state index in [1.165, 1.54) is 11.3 Å². The number of carbonyl (C=O) groups excluding carboxylic acids is 1. The highest BCUT2D eigenvalue weighted by molar-refractivity contribution is 7.13. The van der Waals surface area contributed by atoms with E-state index in [-0.39, 0.29) is 18.4 Å². The minimum absolute atomic E-state index is 0. The fraction of sp³-hybridized carbons (Fsp3) is 0.267. The van der Waals surface area contributed by atoms with Gasteiger partial charge < -0.3 is 15.8 Å². The standard InChI is InChI=1S/C15H19N5O2S.ClH/c1-2-22-15(21)20-14-19-12(9-23-14)8-5-10-3-6-11(7-4-10)18-13(16)17;/h3-4,6-7,9H,2,5,8H2,1H3,(H4,16,17,18)(H,19,20,21);1H. The number of benzene rings is 1. The topological polar surface area (TPSA) is 113 Å². The Morgan fingerprint density at radius 3 is 2.62 bits per heavy atom. The lowest BCUT2D eigenvalue weighted by atomic mass is 10.1. The second-order valence-electron chi connectivity index (χ2n) is 4.73. The molecule has 24 heavy (non-hydrogen) atoms. The average molecular weight is 370 g/mol. The number of halogens is 1. The predicted octanol–water partition coefficient (Wildman–Crippen LogP) is 3.22. The molecule has 1 amide bonds. The van der Waals surface area contributed by atoms with Gasteiger partial charge in [-0.1, -0.05) is 12.1 Å². The number of anilines is 2. The monoisotopic (exact) mass is 369 g/mol. The maximum Gasteiger partial charge on any atom is 0.413 e. The molecule has 0 atom stereocenters. The van der Waals surface area contributed by atoms with Gasteiger partial charge in [-0.3, -0.25) is 10.7 Å². The van der Waals surface area contributed by atoms with Gasteiger partial charge in [0, 0.05) is 11.1 Å². The molecule has 0 unspecified atom stereocenters. The zero-order valence-corrected chi connectivity index (χ0v) is 14.8. The number of aromatic nitrogens is 1. The first-order chi connectivity index (χ1) is 11.1. The normalized spacial score (nSPS) is 9.71. The third kappa shape index (κ3) is 6.43. The fourth-order valence-electron chi connectivity index (χ4n) is 1.92. The van der Waals surface area contributed by atoms with Gasteiger partial charge in [0.05, 0.1) is 12.3 Å². The van der Waals surface area contributed by atoms with E-state index in [1.807, 2.05) is 29.6 Å². The van der Waals surface area contributed by atoms with Crippen LogP contribution in [0.2, 0.25) is 0 Å². The number of hydrogen-bond acceptors (Lipinski definition) is 5. The molecule has 0 radical (unpaired) electrons. The van der Waals surface area contributed by atoms with Crippen LogP contribution in [0.15, 0.2) is 29.6 Å². The van der Waals surface area contributed by atoms with Crippen LogP contribution in [0.4, 0.5) is 15.6 Å². The first-order valence-corrected chi connectivity index (χ1v) is 8.03. The van der Waals surface area contributed by atoms with Crippen LogP contribution in [0.1, 0.15) is 18.2 Å². The van der Waals surface area contributed by atoms with E-state index in [0.29, 0.717) is 11.7 Å². The highest BCUT2D eigenvalue weighted by Gasteiger charge is 2.07. The number of rotatable bonds is 6. The summed E-state index contributed by atoms with van der Waals surface area (Å²) in [5.41, 5.74) is 8.15. The molecule has 9 heteroatoms. The van der Waals surface area contributed by atoms with E-state index < -0.39 is 6.09 Å². The van der Waals surface area contributed by atoms with Crippen LogP contribution in [0.3, 0.4) is 0 Å². The van der Waals surface area contributed by atoms with Crippen LogP contribution in [0.5, 0.6) is 0 Å². The first-order valence-electron chi connectivity index (χ1n) is 7.15. The van der Waals surface area contributed by atoms with Gasteiger partial charge in [0.15, 0.2) is 11.1 Å². The van der Waals surface area contributed by atoms with E-state index in [4.69, 9.17) is 15.9 Å². The molecule has 0 spiro atoms. The minimum Gasteiger partial charge on any atom is -0.450 e. The summed E-state index contributed by atoms with van der Waals surface area (Å²) in [6.07, 6.45) is 1.13. The van der Waals surface area contributed by atoms with Gasteiger partial charge in [-0.2, -0.15) is 0 Å². The number of nitrogens with zero attached hydrogens (tertiary/aromatic N) is 1. The zero-order valence-electron chi connectivity index (χ0n) is 13.2. The number of hydrogen-bond donors (Lipinski definition) is 4. The van der Waals surface area contributed by atoms with Gasteiger partial charge in [-0.15, -0.1) is 23.7 Å². The number of thiazole rings is 1. The van der Waals surface area contributed by atoms with Crippen molar-refractivity contribution in [3.05, 3.63) is 40.9 Å². The van der Waals surface area contributed by atoms with Crippen molar-refractivity contribution < 1.29 is 9.53 Å². The summed E-state index contributed by atoms with van der Waals surface area (Å²) >= 11 is 1.38. The minimum atomic E-state index is -0.484. The molecule has 5 N–H and O–H groups in total. The molecule has 2 rings (SSSR count). The molecule has 0 aliphatic rings. The van der Waals surface area contributed by atoms with Crippen molar-refractivity contribution >= 4 is 46.6 Å². The van der Waals surface area contributed by atoms with Gasteiger partial charge in [0.2, 0.25) is 0 Å². The van der Waals surface area contributed by atoms with Crippen molar-refractivity contribution in [1.82, 2.24) is 4.98 Å². The summed E-state index contributed by atoms with van der Waals surface area (Å²) in [6, 6.07) is 7.72. The largest absolute Gasteiger partial charge is 0.450 e. The molecule has 0 saturated heterocycles. The molecule has 0 fully saturated rings. The molecule has 1 aromatic heterocycles. The number of nitrogens with one attached hydrogen (secondary N) is 3. The number of amides is 1. The molecule has 2 aromatic rings. The van der Waals surface area contributed by atoms with Crippen LogP contribution in [0.25, 0.3) is 0 Å². The lowest BCUT2D eigenvalue weighted by Gasteiger charge is -2.05. The lowest BCUT2D eigenvalue weighted by Crippen LogP contribution is -2.20. The molecule has 130 valence electrons. The molecule has 0 aliphatic heterocycles. The van der Waals surface area contributed by atoms with Crippen LogP contribution >= 0.6 is 23.7 Å². The summed E-state index contributed by atoms with van der Waals surface area (Å²) in [4.78, 5) is 15.7. The summed E-state index contributed by atoms with van der Waals surface area (Å²) < 4.78 is 4.81. The summed E-state index contributed by atoms with van der Waals surface area (Å²) in [6.45, 7) is 2.09. The van der Waals surface area contributed by atoms with Crippen LogP contribution in [-0.2, 0) is 17.6 Å². The molecule has 1 heterocycles. The molecule has 7 nitrogen and oxygen atoms in total. The Kier molecular flexibility index (Phi) is 8.00. The Morgan fingerprint density at radius 2 is 2.00 bits per heavy atom. The van der Waals surface area contributed by atoms with E-state index >= 15 is 0 Å². The summed E-state index contributed by atoms with van der Waals surface area (Å²) in [5, 5.41) is 15.0. The predicted molar refractivity (Wildman–Crippen MR) is 99.4 cm³/mol. The van der Waals surface area contributed by atoms with Gasteiger partial charge in [0.25, 0.3) is 0 Å². The van der Waals surface area contributed by atoms with E-state index in [2.05, 4.69) is 15.6 Å². The second-order valence-corrected chi connectivity index (χ2v) is 5.58. The van der Waals surface area contributed by atoms with E-state index in [0.717, 1.165) is 29.8 Å². The summed E-state index contributed by atoms with van der Waals surface area (Å²) in [7, 11) is 0. The van der Waals surface area contributed by atoms with Gasteiger partial charge >= 0.3 is 6.09 Å². The Labute approximate surface area is 150 Å². The number of ether oxygens (including phenoxy) is 1. The highest BCUT2D eigenvalue weighted by atomic mass is 35.5. The highest BCUT2D eigenvalue weighted by Crippen LogP contribution is 2.18. The quantitative estimate of drug-likeness (QED) is 0.461. The molecular formula is C15H20ClN5O2S. The number of guanidine groups is 1. The SMILES string of the molecule is CCOC(=O)Nc1nc(CCc2ccc(NC(=N)N)cc2)cs1.Cl. The van der Waals surface area contributed by atoms with E-state index in [9.17, 15) is 4.79 Å². The second kappa shape index (κ2) is 9.74. The van der Waals surface area contributed by atoms with Crippen LogP contribution in [-0.4, -0.2) is 23.6 Å². The maximum atomic E-state index is 11.3. The number of carbonyl (C=O) groups is 1. The van der Waals surface area contributed by atoms with Crippen molar-refractivity contribution in [3.8, 4) is 0 Å². The molecule has 1 aromatic carbocycles. The molecule has 0 bridgehead atoms. The maximum absolute atomic E-state index is 11.3. The molecule has 0 saturated carbocycles. The smallest absolute Gasteiger partial charge is 0.413 e. The van der Waals surface area contributed by atoms with Crippen LogP contribution < -0.4 is 16.4 Å². The molecule has 0 aliphatic carbocycles. The van der Waals surface area contributed by atoms with Crippen molar-refractivity contribution in [1.29, 1.82) is 5.41 Å². The lowest BCUT2D eigenvalue weighted by molar-refractivity contribution is 0.168. The Hall–Kier alpha value is -2.32. The third-order valence-corrected chi connectivity index (χ3v) is 3.75. The number of aryl methyl sites for hydroxylation is 2. The van der Waals surface area contributed by atoms with Gasteiger partial charge in [-0.25, -0.2) is 9.78 Å². The van der Waals surface area contributed by atoms with Gasteiger partial charge in [0.1, 0.15) is 0 Å². The first kappa shape index (κ1) is 19.7.